The maximum atomic E-state index is 5.12. The minimum atomic E-state index is 0.659. The first-order chi connectivity index (χ1) is 21.8. The number of hydrogen-bond donors (Lipinski definition) is 0. The van der Waals surface area contributed by atoms with E-state index in [4.69, 9.17) is 15.0 Å². The molecule has 9 rings (SSSR count). The second-order valence-corrected chi connectivity index (χ2v) is 11.2. The fourth-order valence-electron chi connectivity index (χ4n) is 6.55. The minimum Gasteiger partial charge on any atom is -0.208 e. The van der Waals surface area contributed by atoms with Gasteiger partial charge in [0.2, 0.25) is 0 Å². The largest absolute Gasteiger partial charge is 0.208 e. The molecule has 0 aliphatic heterocycles. The lowest BCUT2D eigenvalue weighted by atomic mass is 9.96. The van der Waals surface area contributed by atoms with Crippen molar-refractivity contribution in [1.82, 2.24) is 15.0 Å². The third kappa shape index (κ3) is 3.94. The van der Waals surface area contributed by atoms with Gasteiger partial charge in [0.05, 0.1) is 0 Å². The van der Waals surface area contributed by atoms with Crippen molar-refractivity contribution in [1.29, 1.82) is 0 Å². The highest BCUT2D eigenvalue weighted by atomic mass is 15.0. The van der Waals surface area contributed by atoms with Crippen molar-refractivity contribution in [2.45, 2.75) is 0 Å². The Morgan fingerprint density at radius 2 is 0.773 bits per heavy atom. The molecular weight excluding hydrogens is 534 g/mol. The summed E-state index contributed by atoms with van der Waals surface area (Å²) in [5.74, 6) is 1.99. The number of aromatic nitrogens is 3. The molecule has 1 heterocycles. The number of benzene rings is 8. The number of fused-ring (bicyclic) bond motifs is 8. The van der Waals surface area contributed by atoms with E-state index < -0.39 is 0 Å². The highest BCUT2D eigenvalue weighted by molar-refractivity contribution is 6.17. The lowest BCUT2D eigenvalue weighted by molar-refractivity contribution is 1.08. The zero-order valence-corrected chi connectivity index (χ0v) is 23.8. The van der Waals surface area contributed by atoms with Crippen molar-refractivity contribution in [2.75, 3.05) is 0 Å². The second kappa shape index (κ2) is 9.82. The Balaban J connectivity index is 1.26. The van der Waals surface area contributed by atoms with E-state index in [0.29, 0.717) is 17.5 Å². The van der Waals surface area contributed by atoms with Gasteiger partial charge in [-0.15, -0.1) is 0 Å². The van der Waals surface area contributed by atoms with Gasteiger partial charge in [-0.25, -0.2) is 15.0 Å². The number of hydrogen-bond acceptors (Lipinski definition) is 3. The third-order valence-corrected chi connectivity index (χ3v) is 8.70. The van der Waals surface area contributed by atoms with Gasteiger partial charge in [-0.2, -0.15) is 0 Å². The summed E-state index contributed by atoms with van der Waals surface area (Å²) in [5.41, 5.74) is 2.92. The average molecular weight is 560 g/mol. The van der Waals surface area contributed by atoms with Crippen molar-refractivity contribution < 1.29 is 0 Å². The Bertz CT molecular complexity index is 2550. The van der Waals surface area contributed by atoms with Crippen LogP contribution in [0.1, 0.15) is 0 Å². The summed E-state index contributed by atoms with van der Waals surface area (Å²) in [6, 6.07) is 53.4. The van der Waals surface area contributed by atoms with Crippen LogP contribution in [-0.4, -0.2) is 15.0 Å². The van der Waals surface area contributed by atoms with Gasteiger partial charge >= 0.3 is 0 Å². The maximum Gasteiger partial charge on any atom is 0.164 e. The molecule has 204 valence electrons. The van der Waals surface area contributed by atoms with Gasteiger partial charge in [-0.3, -0.25) is 0 Å². The van der Waals surface area contributed by atoms with Crippen LogP contribution >= 0.6 is 0 Å². The molecule has 1 aromatic heterocycles. The quantitative estimate of drug-likeness (QED) is 0.202. The second-order valence-electron chi connectivity index (χ2n) is 11.2. The SMILES string of the molecule is c1ccc(-c2nc(-c3ccc4c(ccc5c6ccccc6ccc45)c3)nc(-c3cccc4c3ccc3ccccc34)n2)cc1. The Kier molecular flexibility index (Phi) is 5.50. The van der Waals surface area contributed by atoms with E-state index in [1.165, 1.54) is 43.1 Å². The van der Waals surface area contributed by atoms with Gasteiger partial charge in [0.15, 0.2) is 17.5 Å². The molecule has 3 nitrogen and oxygen atoms in total. The summed E-state index contributed by atoms with van der Waals surface area (Å²) in [5, 5.41) is 12.2. The first-order valence-corrected chi connectivity index (χ1v) is 14.9. The van der Waals surface area contributed by atoms with E-state index in [1.54, 1.807) is 0 Å². The summed E-state index contributed by atoms with van der Waals surface area (Å²) in [6.07, 6.45) is 0. The van der Waals surface area contributed by atoms with Crippen LogP contribution in [-0.2, 0) is 0 Å². The van der Waals surface area contributed by atoms with Crippen LogP contribution in [0.25, 0.3) is 88.0 Å². The molecule has 0 spiro atoms. The van der Waals surface area contributed by atoms with Gasteiger partial charge in [0.25, 0.3) is 0 Å². The predicted molar refractivity (Wildman–Crippen MR) is 184 cm³/mol. The highest BCUT2D eigenvalue weighted by Gasteiger charge is 2.16. The fraction of sp³-hybridized carbons (Fsp3) is 0. The van der Waals surface area contributed by atoms with E-state index >= 15 is 0 Å². The summed E-state index contributed by atoms with van der Waals surface area (Å²) in [4.78, 5) is 15.2. The van der Waals surface area contributed by atoms with Crippen LogP contribution in [0.2, 0.25) is 0 Å². The summed E-state index contributed by atoms with van der Waals surface area (Å²) >= 11 is 0. The standard InChI is InChI=1S/C41H25N3/c1-2-11-28(12-3-1)39-42-40(44-41(43-39)38-16-8-15-34-31-13-6-4-9-26(31)18-23-37(34)38)30-20-21-33-29(25-30)19-24-35-32-14-7-5-10-27(32)17-22-36(33)35/h1-25H. The molecule has 0 saturated heterocycles. The van der Waals surface area contributed by atoms with E-state index in [1.807, 2.05) is 18.2 Å². The first kappa shape index (κ1) is 24.6. The molecule has 0 bridgehead atoms. The number of rotatable bonds is 3. The average Bonchev–Trinajstić information content (AvgIpc) is 3.11. The Morgan fingerprint density at radius 3 is 1.50 bits per heavy atom. The highest BCUT2D eigenvalue weighted by Crippen LogP contribution is 2.35. The predicted octanol–water partition coefficient (Wildman–Crippen LogP) is 10.6. The summed E-state index contributed by atoms with van der Waals surface area (Å²) < 4.78 is 0. The smallest absolute Gasteiger partial charge is 0.164 e. The fourth-order valence-corrected chi connectivity index (χ4v) is 6.55. The lowest BCUT2D eigenvalue weighted by Gasteiger charge is -2.12. The molecule has 3 heteroatoms. The molecule has 0 unspecified atom stereocenters. The Labute approximate surface area is 254 Å². The van der Waals surface area contributed by atoms with E-state index in [2.05, 4.69) is 133 Å². The monoisotopic (exact) mass is 559 g/mol. The van der Waals surface area contributed by atoms with Gasteiger partial charge in [-0.05, 0) is 59.9 Å². The molecule has 8 aromatic carbocycles. The molecular formula is C41H25N3. The van der Waals surface area contributed by atoms with Gasteiger partial charge < -0.3 is 0 Å². The lowest BCUT2D eigenvalue weighted by Crippen LogP contribution is -2.00. The van der Waals surface area contributed by atoms with E-state index in [0.717, 1.165) is 27.5 Å². The van der Waals surface area contributed by atoms with Gasteiger partial charge in [0, 0.05) is 16.7 Å². The molecule has 0 atom stereocenters. The number of nitrogens with zero attached hydrogens (tertiary/aromatic N) is 3. The summed E-state index contributed by atoms with van der Waals surface area (Å²) in [7, 11) is 0. The van der Waals surface area contributed by atoms with E-state index in [9.17, 15) is 0 Å². The molecule has 0 amide bonds. The third-order valence-electron chi connectivity index (χ3n) is 8.70. The molecule has 0 radical (unpaired) electrons. The van der Waals surface area contributed by atoms with Crippen LogP contribution < -0.4 is 0 Å². The zero-order valence-electron chi connectivity index (χ0n) is 23.8. The zero-order chi connectivity index (χ0) is 29.0. The topological polar surface area (TPSA) is 38.7 Å². The van der Waals surface area contributed by atoms with Crippen molar-refractivity contribution >= 4 is 53.9 Å². The van der Waals surface area contributed by atoms with Crippen molar-refractivity contribution in [3.05, 3.63) is 152 Å². The maximum absolute atomic E-state index is 5.12. The van der Waals surface area contributed by atoms with Gasteiger partial charge in [0.1, 0.15) is 0 Å². The molecule has 0 N–H and O–H groups in total. The van der Waals surface area contributed by atoms with Gasteiger partial charge in [-0.1, -0.05) is 146 Å². The molecule has 0 aliphatic rings. The summed E-state index contributed by atoms with van der Waals surface area (Å²) in [6.45, 7) is 0. The first-order valence-electron chi connectivity index (χ1n) is 14.9. The van der Waals surface area contributed by atoms with E-state index in [-0.39, 0.29) is 0 Å². The van der Waals surface area contributed by atoms with Crippen LogP contribution in [0, 0.1) is 0 Å². The van der Waals surface area contributed by atoms with Crippen LogP contribution in [0.15, 0.2) is 152 Å². The Hall–Kier alpha value is -5.93. The minimum absolute atomic E-state index is 0.659. The molecule has 0 fully saturated rings. The molecule has 44 heavy (non-hydrogen) atoms. The molecule has 0 aliphatic carbocycles. The molecule has 9 aromatic rings. The van der Waals surface area contributed by atoms with Crippen LogP contribution in [0.3, 0.4) is 0 Å². The van der Waals surface area contributed by atoms with Crippen LogP contribution in [0.5, 0.6) is 0 Å². The van der Waals surface area contributed by atoms with Crippen molar-refractivity contribution in [3.63, 3.8) is 0 Å². The van der Waals surface area contributed by atoms with Crippen LogP contribution in [0.4, 0.5) is 0 Å². The Morgan fingerprint density at radius 1 is 0.273 bits per heavy atom. The molecule has 0 saturated carbocycles. The van der Waals surface area contributed by atoms with Crippen molar-refractivity contribution in [2.24, 2.45) is 0 Å². The van der Waals surface area contributed by atoms with Crippen molar-refractivity contribution in [3.8, 4) is 34.2 Å². The normalized spacial score (nSPS) is 11.6.